The SMILES string of the molecule is CCn1cc(NS(=O)(=O)CCO)cn1. The molecule has 2 N–H and O–H groups in total. The Morgan fingerprint density at radius 1 is 1.64 bits per heavy atom. The van der Waals surface area contributed by atoms with Crippen LogP contribution in [0.2, 0.25) is 0 Å². The predicted molar refractivity (Wildman–Crippen MR) is 52.4 cm³/mol. The van der Waals surface area contributed by atoms with Gasteiger partial charge in [0.25, 0.3) is 0 Å². The van der Waals surface area contributed by atoms with Gasteiger partial charge in [0.2, 0.25) is 10.0 Å². The van der Waals surface area contributed by atoms with Gasteiger partial charge in [-0.15, -0.1) is 0 Å². The number of sulfonamides is 1. The van der Waals surface area contributed by atoms with Crippen LogP contribution in [-0.2, 0) is 16.6 Å². The summed E-state index contributed by atoms with van der Waals surface area (Å²) in [6.45, 7) is 2.19. The number of aliphatic hydroxyl groups excluding tert-OH is 1. The van der Waals surface area contributed by atoms with E-state index in [-0.39, 0.29) is 5.75 Å². The molecular formula is C7H13N3O3S. The van der Waals surface area contributed by atoms with Crippen molar-refractivity contribution in [3.8, 4) is 0 Å². The lowest BCUT2D eigenvalue weighted by molar-refractivity contribution is 0.320. The molecule has 0 aliphatic rings. The zero-order chi connectivity index (χ0) is 10.6. The molecule has 0 spiro atoms. The monoisotopic (exact) mass is 219 g/mol. The van der Waals surface area contributed by atoms with Gasteiger partial charge in [-0.2, -0.15) is 5.10 Å². The van der Waals surface area contributed by atoms with Gasteiger partial charge < -0.3 is 5.11 Å². The fourth-order valence-electron chi connectivity index (χ4n) is 0.940. The van der Waals surface area contributed by atoms with Gasteiger partial charge >= 0.3 is 0 Å². The molecule has 0 unspecified atom stereocenters. The van der Waals surface area contributed by atoms with Gasteiger partial charge in [-0.3, -0.25) is 9.40 Å². The first kappa shape index (κ1) is 11.0. The molecule has 1 heterocycles. The highest BCUT2D eigenvalue weighted by Gasteiger charge is 2.09. The van der Waals surface area contributed by atoms with Gasteiger partial charge in [-0.25, -0.2) is 8.42 Å². The van der Waals surface area contributed by atoms with Crippen molar-refractivity contribution in [1.82, 2.24) is 9.78 Å². The Labute approximate surface area is 82.6 Å². The summed E-state index contributed by atoms with van der Waals surface area (Å²) < 4.78 is 26.3. The average molecular weight is 219 g/mol. The topological polar surface area (TPSA) is 84.2 Å². The van der Waals surface area contributed by atoms with Crippen molar-refractivity contribution >= 4 is 15.7 Å². The van der Waals surface area contributed by atoms with Crippen molar-refractivity contribution in [1.29, 1.82) is 0 Å². The second-order valence-corrected chi connectivity index (χ2v) is 4.57. The third-order valence-corrected chi connectivity index (χ3v) is 2.86. The zero-order valence-corrected chi connectivity index (χ0v) is 8.66. The lowest BCUT2D eigenvalue weighted by Crippen LogP contribution is -2.18. The molecule has 0 amide bonds. The van der Waals surface area contributed by atoms with Gasteiger partial charge in [-0.05, 0) is 6.92 Å². The van der Waals surface area contributed by atoms with Crippen molar-refractivity contribution in [3.05, 3.63) is 12.4 Å². The van der Waals surface area contributed by atoms with E-state index < -0.39 is 16.6 Å². The van der Waals surface area contributed by atoms with Crippen molar-refractivity contribution in [3.63, 3.8) is 0 Å². The van der Waals surface area contributed by atoms with Gasteiger partial charge in [-0.1, -0.05) is 0 Å². The quantitative estimate of drug-likeness (QED) is 0.708. The fourth-order valence-corrected chi connectivity index (χ4v) is 1.75. The average Bonchev–Trinajstić information content (AvgIpc) is 2.51. The Morgan fingerprint density at radius 2 is 2.36 bits per heavy atom. The van der Waals surface area contributed by atoms with Crippen LogP contribution >= 0.6 is 0 Å². The standard InChI is InChI=1S/C7H13N3O3S/c1-2-10-6-7(5-8-10)9-14(12,13)4-3-11/h5-6,9,11H,2-4H2,1H3. The number of aliphatic hydroxyl groups is 1. The Morgan fingerprint density at radius 3 is 2.86 bits per heavy atom. The van der Waals surface area contributed by atoms with E-state index in [1.54, 1.807) is 10.9 Å². The zero-order valence-electron chi connectivity index (χ0n) is 7.84. The van der Waals surface area contributed by atoms with E-state index in [2.05, 4.69) is 9.82 Å². The number of rotatable bonds is 5. The van der Waals surface area contributed by atoms with E-state index in [1.165, 1.54) is 6.20 Å². The number of aryl methyl sites for hydroxylation is 1. The van der Waals surface area contributed by atoms with Crippen LogP contribution in [-0.4, -0.2) is 35.7 Å². The minimum atomic E-state index is -3.43. The van der Waals surface area contributed by atoms with Crippen LogP contribution in [0.3, 0.4) is 0 Å². The highest BCUT2D eigenvalue weighted by molar-refractivity contribution is 7.92. The Bertz CT molecular complexity index is 385. The summed E-state index contributed by atoms with van der Waals surface area (Å²) in [4.78, 5) is 0. The summed E-state index contributed by atoms with van der Waals surface area (Å²) >= 11 is 0. The van der Waals surface area contributed by atoms with E-state index >= 15 is 0 Å². The first-order valence-corrected chi connectivity index (χ1v) is 5.86. The van der Waals surface area contributed by atoms with Gasteiger partial charge in [0.05, 0.1) is 24.2 Å². The maximum absolute atomic E-state index is 11.2. The molecule has 0 saturated heterocycles. The molecule has 0 radical (unpaired) electrons. The van der Waals surface area contributed by atoms with Crippen LogP contribution in [0.4, 0.5) is 5.69 Å². The molecule has 0 fully saturated rings. The van der Waals surface area contributed by atoms with E-state index in [4.69, 9.17) is 5.11 Å². The molecule has 80 valence electrons. The van der Waals surface area contributed by atoms with E-state index in [9.17, 15) is 8.42 Å². The fraction of sp³-hybridized carbons (Fsp3) is 0.571. The number of aromatic nitrogens is 2. The maximum atomic E-state index is 11.2. The number of nitrogens with zero attached hydrogens (tertiary/aromatic N) is 2. The third kappa shape index (κ3) is 3.00. The summed E-state index contributed by atoms with van der Waals surface area (Å²) in [7, 11) is -3.43. The molecule has 0 saturated carbocycles. The van der Waals surface area contributed by atoms with Crippen molar-refractivity contribution in [2.24, 2.45) is 0 Å². The van der Waals surface area contributed by atoms with Crippen LogP contribution in [0.1, 0.15) is 6.92 Å². The van der Waals surface area contributed by atoms with Crippen LogP contribution in [0.15, 0.2) is 12.4 Å². The van der Waals surface area contributed by atoms with E-state index in [1.807, 2.05) is 6.92 Å². The van der Waals surface area contributed by atoms with Gasteiger partial charge in [0.1, 0.15) is 0 Å². The minimum absolute atomic E-state index is 0.301. The first-order valence-electron chi connectivity index (χ1n) is 4.21. The summed E-state index contributed by atoms with van der Waals surface area (Å²) in [5.41, 5.74) is 0.417. The molecule has 0 aliphatic carbocycles. The lowest BCUT2D eigenvalue weighted by atomic mass is 10.6. The predicted octanol–water partition coefficient (Wildman–Crippen LogP) is -0.363. The molecule has 0 atom stereocenters. The Balaban J connectivity index is 2.69. The molecule has 0 bridgehead atoms. The molecule has 7 heteroatoms. The van der Waals surface area contributed by atoms with Crippen molar-refractivity contribution in [2.45, 2.75) is 13.5 Å². The third-order valence-electron chi connectivity index (χ3n) is 1.59. The van der Waals surface area contributed by atoms with E-state index in [0.717, 1.165) is 0 Å². The second kappa shape index (κ2) is 4.43. The smallest absolute Gasteiger partial charge is 0.235 e. The van der Waals surface area contributed by atoms with Crippen LogP contribution in [0.25, 0.3) is 0 Å². The summed E-state index contributed by atoms with van der Waals surface area (Å²) in [5.74, 6) is -0.301. The maximum Gasteiger partial charge on any atom is 0.235 e. The van der Waals surface area contributed by atoms with E-state index in [0.29, 0.717) is 12.2 Å². The molecule has 1 rings (SSSR count). The van der Waals surface area contributed by atoms with Crippen molar-refractivity contribution in [2.75, 3.05) is 17.1 Å². The van der Waals surface area contributed by atoms with Crippen LogP contribution in [0.5, 0.6) is 0 Å². The Kier molecular flexibility index (Phi) is 3.48. The number of anilines is 1. The lowest BCUT2D eigenvalue weighted by Gasteiger charge is -2.02. The van der Waals surface area contributed by atoms with Crippen LogP contribution < -0.4 is 4.72 Å². The number of hydrogen-bond acceptors (Lipinski definition) is 4. The second-order valence-electron chi connectivity index (χ2n) is 2.73. The molecule has 1 aromatic heterocycles. The molecule has 1 aromatic rings. The van der Waals surface area contributed by atoms with Crippen molar-refractivity contribution < 1.29 is 13.5 Å². The molecule has 0 aliphatic heterocycles. The largest absolute Gasteiger partial charge is 0.395 e. The molecule has 0 aromatic carbocycles. The summed E-state index contributed by atoms with van der Waals surface area (Å²) in [6.07, 6.45) is 3.02. The molecule has 6 nitrogen and oxygen atoms in total. The minimum Gasteiger partial charge on any atom is -0.395 e. The molecular weight excluding hydrogens is 206 g/mol. The summed E-state index contributed by atoms with van der Waals surface area (Å²) in [6, 6.07) is 0. The number of nitrogens with one attached hydrogen (secondary N) is 1. The highest BCUT2D eigenvalue weighted by atomic mass is 32.2. The molecule has 14 heavy (non-hydrogen) atoms. The summed E-state index contributed by atoms with van der Waals surface area (Å²) in [5, 5.41) is 12.4. The van der Waals surface area contributed by atoms with Gasteiger partial charge in [0.15, 0.2) is 0 Å². The normalized spacial score (nSPS) is 11.6. The Hall–Kier alpha value is -1.08. The first-order chi connectivity index (χ1) is 6.57. The van der Waals surface area contributed by atoms with Crippen LogP contribution in [0, 0.1) is 0 Å². The number of hydrogen-bond donors (Lipinski definition) is 2. The van der Waals surface area contributed by atoms with Gasteiger partial charge in [0, 0.05) is 12.7 Å². The highest BCUT2D eigenvalue weighted by Crippen LogP contribution is 2.07.